The number of fused-ring (bicyclic) bond motifs is 1. The molecule has 1 saturated heterocycles. The Kier molecular flexibility index (Phi) is 4.53. The lowest BCUT2D eigenvalue weighted by atomic mass is 10.3. The molecule has 0 aromatic heterocycles. The fourth-order valence-corrected chi connectivity index (χ4v) is 2.42. The van der Waals surface area contributed by atoms with Crippen molar-refractivity contribution in [3.63, 3.8) is 0 Å². The molecule has 0 bridgehead atoms. The van der Waals surface area contributed by atoms with Crippen molar-refractivity contribution in [3.05, 3.63) is 18.2 Å². The summed E-state index contributed by atoms with van der Waals surface area (Å²) in [5, 5.41) is 2.80. The highest BCUT2D eigenvalue weighted by Gasteiger charge is 2.24. The Labute approximate surface area is 129 Å². The van der Waals surface area contributed by atoms with Gasteiger partial charge < -0.3 is 29.2 Å². The maximum Gasteiger partial charge on any atom is 0.317 e. The molecule has 1 aromatic rings. The fourth-order valence-electron chi connectivity index (χ4n) is 2.42. The van der Waals surface area contributed by atoms with Gasteiger partial charge >= 0.3 is 6.03 Å². The van der Waals surface area contributed by atoms with Gasteiger partial charge in [0.2, 0.25) is 6.79 Å². The van der Waals surface area contributed by atoms with Crippen molar-refractivity contribution in [1.29, 1.82) is 0 Å². The Morgan fingerprint density at radius 2 is 2.27 bits per heavy atom. The molecule has 1 aromatic carbocycles. The van der Waals surface area contributed by atoms with E-state index in [0.717, 1.165) is 5.75 Å². The van der Waals surface area contributed by atoms with Gasteiger partial charge in [0.1, 0.15) is 18.5 Å². The molecule has 7 heteroatoms. The first-order chi connectivity index (χ1) is 10.8. The molecule has 1 N–H and O–H groups in total. The monoisotopic (exact) mass is 308 g/mol. The van der Waals surface area contributed by atoms with Crippen molar-refractivity contribution < 1.29 is 23.7 Å². The smallest absolute Gasteiger partial charge is 0.317 e. The number of amides is 2. The predicted molar refractivity (Wildman–Crippen MR) is 78.4 cm³/mol. The van der Waals surface area contributed by atoms with Gasteiger partial charge in [-0.2, -0.15) is 0 Å². The normalized spacial score (nSPS) is 19.9. The van der Waals surface area contributed by atoms with Gasteiger partial charge in [-0.3, -0.25) is 0 Å². The van der Waals surface area contributed by atoms with E-state index < -0.39 is 0 Å². The van der Waals surface area contributed by atoms with E-state index in [4.69, 9.17) is 18.9 Å². The van der Waals surface area contributed by atoms with Crippen LogP contribution in [0.2, 0.25) is 0 Å². The minimum Gasteiger partial charge on any atom is -0.491 e. The molecule has 2 aliphatic rings. The molecule has 0 saturated carbocycles. The molecule has 2 heterocycles. The zero-order chi connectivity index (χ0) is 15.4. The Morgan fingerprint density at radius 1 is 1.41 bits per heavy atom. The van der Waals surface area contributed by atoms with Gasteiger partial charge in [-0.1, -0.05) is 0 Å². The Bertz CT molecular complexity index is 537. The summed E-state index contributed by atoms with van der Waals surface area (Å²) in [6, 6.07) is 5.39. The molecule has 0 radical (unpaired) electrons. The van der Waals surface area contributed by atoms with Crippen molar-refractivity contribution in [2.75, 3.05) is 39.6 Å². The lowest BCUT2D eigenvalue weighted by Crippen LogP contribution is -2.51. The average molecular weight is 308 g/mol. The van der Waals surface area contributed by atoms with Gasteiger partial charge in [-0.15, -0.1) is 0 Å². The summed E-state index contributed by atoms with van der Waals surface area (Å²) < 4.78 is 22.0. The van der Waals surface area contributed by atoms with Gasteiger partial charge in [-0.05, 0) is 19.1 Å². The van der Waals surface area contributed by atoms with E-state index in [9.17, 15) is 4.79 Å². The molecule has 22 heavy (non-hydrogen) atoms. The molecule has 0 unspecified atom stereocenters. The summed E-state index contributed by atoms with van der Waals surface area (Å²) >= 11 is 0. The van der Waals surface area contributed by atoms with Gasteiger partial charge in [-0.25, -0.2) is 4.79 Å². The van der Waals surface area contributed by atoms with Crippen LogP contribution in [0.25, 0.3) is 0 Å². The second-order valence-corrected chi connectivity index (χ2v) is 5.10. The van der Waals surface area contributed by atoms with E-state index in [0.29, 0.717) is 44.3 Å². The molecule has 0 spiro atoms. The number of nitrogens with one attached hydrogen (secondary N) is 1. The minimum absolute atomic E-state index is 0.0566. The molecule has 1 fully saturated rings. The number of carbonyl (C=O) groups is 1. The average Bonchev–Trinajstić information content (AvgIpc) is 3.01. The van der Waals surface area contributed by atoms with Crippen LogP contribution < -0.4 is 19.5 Å². The van der Waals surface area contributed by atoms with Gasteiger partial charge in [0.05, 0.1) is 13.2 Å². The first-order valence-electron chi connectivity index (χ1n) is 7.43. The largest absolute Gasteiger partial charge is 0.491 e. The zero-order valence-corrected chi connectivity index (χ0v) is 12.5. The lowest BCUT2D eigenvalue weighted by molar-refractivity contribution is -0.0351. The highest BCUT2D eigenvalue weighted by Crippen LogP contribution is 2.35. The third kappa shape index (κ3) is 3.36. The number of rotatable bonds is 4. The SMILES string of the molecule is CCNC(=O)N1CCO[C@@H](COc2ccc3c(c2)OCO3)C1. The molecule has 2 amide bonds. The third-order valence-corrected chi connectivity index (χ3v) is 3.53. The summed E-state index contributed by atoms with van der Waals surface area (Å²) in [5.74, 6) is 2.11. The van der Waals surface area contributed by atoms with Crippen molar-refractivity contribution in [2.24, 2.45) is 0 Å². The van der Waals surface area contributed by atoms with Crippen molar-refractivity contribution in [2.45, 2.75) is 13.0 Å². The van der Waals surface area contributed by atoms with Crippen LogP contribution in [0.1, 0.15) is 6.92 Å². The van der Waals surface area contributed by atoms with E-state index in [1.807, 2.05) is 19.1 Å². The number of urea groups is 1. The number of morpholine rings is 1. The predicted octanol–water partition coefficient (Wildman–Crippen LogP) is 1.22. The number of nitrogens with zero attached hydrogens (tertiary/aromatic N) is 1. The van der Waals surface area contributed by atoms with E-state index in [2.05, 4.69) is 5.32 Å². The highest BCUT2D eigenvalue weighted by atomic mass is 16.7. The van der Waals surface area contributed by atoms with Crippen LogP contribution in [-0.4, -0.2) is 56.7 Å². The van der Waals surface area contributed by atoms with Crippen LogP contribution in [0.5, 0.6) is 17.2 Å². The second kappa shape index (κ2) is 6.74. The molecule has 0 aliphatic carbocycles. The third-order valence-electron chi connectivity index (χ3n) is 3.53. The molecular formula is C15H20N2O5. The minimum atomic E-state index is -0.137. The van der Waals surface area contributed by atoms with Gasteiger partial charge in [0.15, 0.2) is 11.5 Å². The summed E-state index contributed by atoms with van der Waals surface area (Å²) in [6.07, 6.45) is -0.137. The van der Waals surface area contributed by atoms with E-state index >= 15 is 0 Å². The van der Waals surface area contributed by atoms with Crippen LogP contribution in [-0.2, 0) is 4.74 Å². The highest BCUT2D eigenvalue weighted by molar-refractivity contribution is 5.74. The molecule has 7 nitrogen and oxygen atoms in total. The Hall–Kier alpha value is -2.15. The van der Waals surface area contributed by atoms with E-state index in [1.165, 1.54) is 0 Å². The molecule has 2 aliphatic heterocycles. The zero-order valence-electron chi connectivity index (χ0n) is 12.5. The van der Waals surface area contributed by atoms with Crippen LogP contribution in [0, 0.1) is 0 Å². The van der Waals surface area contributed by atoms with Crippen molar-refractivity contribution in [1.82, 2.24) is 10.2 Å². The van der Waals surface area contributed by atoms with Gasteiger partial charge in [0.25, 0.3) is 0 Å². The topological polar surface area (TPSA) is 69.3 Å². The second-order valence-electron chi connectivity index (χ2n) is 5.10. The number of hydrogen-bond donors (Lipinski definition) is 1. The van der Waals surface area contributed by atoms with Crippen LogP contribution >= 0.6 is 0 Å². The van der Waals surface area contributed by atoms with Crippen molar-refractivity contribution in [3.8, 4) is 17.2 Å². The molecular weight excluding hydrogens is 288 g/mol. The summed E-state index contributed by atoms with van der Waals surface area (Å²) in [6.45, 7) is 4.80. The standard InChI is InChI=1S/C15H20N2O5/c1-2-16-15(18)17-5-6-19-12(8-17)9-20-11-3-4-13-14(7-11)22-10-21-13/h3-4,7,12H,2,5-6,8-10H2,1H3,(H,16,18)/t12-/m1/s1. The molecule has 120 valence electrons. The number of ether oxygens (including phenoxy) is 4. The van der Waals surface area contributed by atoms with Gasteiger partial charge in [0, 0.05) is 19.2 Å². The first kappa shape index (κ1) is 14.8. The van der Waals surface area contributed by atoms with E-state index in [-0.39, 0.29) is 18.9 Å². The maximum absolute atomic E-state index is 11.8. The maximum atomic E-state index is 11.8. The van der Waals surface area contributed by atoms with Crippen LogP contribution in [0.3, 0.4) is 0 Å². The molecule has 3 rings (SSSR count). The Balaban J connectivity index is 1.51. The van der Waals surface area contributed by atoms with Crippen LogP contribution in [0.15, 0.2) is 18.2 Å². The first-order valence-corrected chi connectivity index (χ1v) is 7.43. The summed E-state index contributed by atoms with van der Waals surface area (Å²) in [7, 11) is 0. The fraction of sp³-hybridized carbons (Fsp3) is 0.533. The summed E-state index contributed by atoms with van der Waals surface area (Å²) in [4.78, 5) is 13.6. The Morgan fingerprint density at radius 3 is 3.14 bits per heavy atom. The lowest BCUT2D eigenvalue weighted by Gasteiger charge is -2.32. The number of hydrogen-bond acceptors (Lipinski definition) is 5. The van der Waals surface area contributed by atoms with E-state index in [1.54, 1.807) is 11.0 Å². The summed E-state index contributed by atoms with van der Waals surface area (Å²) in [5.41, 5.74) is 0. The number of carbonyl (C=O) groups excluding carboxylic acids is 1. The van der Waals surface area contributed by atoms with Crippen LogP contribution in [0.4, 0.5) is 4.79 Å². The van der Waals surface area contributed by atoms with Crippen molar-refractivity contribution >= 4 is 6.03 Å². The number of benzene rings is 1. The quantitative estimate of drug-likeness (QED) is 0.906. The molecule has 1 atom stereocenters.